The number of nitrogens with zero attached hydrogens (tertiary/aromatic N) is 1. The van der Waals surface area contributed by atoms with Gasteiger partial charge in [0.2, 0.25) is 0 Å². The van der Waals surface area contributed by atoms with Crippen molar-refractivity contribution >= 4 is 11.8 Å². The molecule has 0 aliphatic heterocycles. The topological polar surface area (TPSA) is 65.4 Å². The van der Waals surface area contributed by atoms with Crippen molar-refractivity contribution in [1.82, 2.24) is 10.3 Å². The van der Waals surface area contributed by atoms with Crippen LogP contribution in [0, 0.1) is 0 Å². The predicted octanol–water partition coefficient (Wildman–Crippen LogP) is 1.59. The zero-order valence-corrected chi connectivity index (χ0v) is 11.8. The van der Waals surface area contributed by atoms with Crippen molar-refractivity contribution in [3.8, 4) is 0 Å². The Morgan fingerprint density at radius 2 is 2.22 bits per heavy atom. The summed E-state index contributed by atoms with van der Waals surface area (Å²) >= 11 is 1.45. The lowest BCUT2D eigenvalue weighted by Crippen LogP contribution is -2.19. The SMILES string of the molecule is CCCNC(C)c1ccc(SCC(O)CO)nc1. The molecule has 1 aromatic rings. The molecule has 0 saturated heterocycles. The van der Waals surface area contributed by atoms with Crippen LogP contribution in [0.3, 0.4) is 0 Å². The predicted molar refractivity (Wildman–Crippen MR) is 74.8 cm³/mol. The number of hydrogen-bond donors (Lipinski definition) is 3. The summed E-state index contributed by atoms with van der Waals surface area (Å²) in [5.74, 6) is 0.465. The van der Waals surface area contributed by atoms with Crippen LogP contribution in [-0.4, -0.2) is 40.2 Å². The van der Waals surface area contributed by atoms with Gasteiger partial charge < -0.3 is 15.5 Å². The summed E-state index contributed by atoms with van der Waals surface area (Å²) in [5, 5.41) is 22.2. The van der Waals surface area contributed by atoms with Gasteiger partial charge in [-0.3, -0.25) is 0 Å². The molecule has 18 heavy (non-hydrogen) atoms. The second-order valence-electron chi connectivity index (χ2n) is 4.25. The minimum absolute atomic E-state index is 0.205. The molecule has 0 aliphatic rings. The molecular weight excluding hydrogens is 248 g/mol. The Kier molecular flexibility index (Phi) is 7.27. The quantitative estimate of drug-likeness (QED) is 0.626. The fourth-order valence-electron chi connectivity index (χ4n) is 1.45. The highest BCUT2D eigenvalue weighted by Crippen LogP contribution is 2.18. The lowest BCUT2D eigenvalue weighted by atomic mass is 10.1. The van der Waals surface area contributed by atoms with Crippen molar-refractivity contribution in [1.29, 1.82) is 0 Å². The van der Waals surface area contributed by atoms with Gasteiger partial charge in [0.25, 0.3) is 0 Å². The Labute approximate surface area is 113 Å². The Balaban J connectivity index is 2.46. The summed E-state index contributed by atoms with van der Waals surface area (Å²) in [6, 6.07) is 4.31. The molecule has 102 valence electrons. The van der Waals surface area contributed by atoms with Crippen molar-refractivity contribution in [2.24, 2.45) is 0 Å². The van der Waals surface area contributed by atoms with Crippen molar-refractivity contribution in [3.63, 3.8) is 0 Å². The van der Waals surface area contributed by atoms with Gasteiger partial charge in [-0.25, -0.2) is 4.98 Å². The van der Waals surface area contributed by atoms with Gasteiger partial charge in [-0.2, -0.15) is 0 Å². The van der Waals surface area contributed by atoms with Crippen molar-refractivity contribution < 1.29 is 10.2 Å². The van der Waals surface area contributed by atoms with Crippen molar-refractivity contribution in [2.45, 2.75) is 37.4 Å². The average molecular weight is 270 g/mol. The van der Waals surface area contributed by atoms with E-state index in [1.807, 2.05) is 18.3 Å². The second-order valence-corrected chi connectivity index (χ2v) is 5.29. The van der Waals surface area contributed by atoms with E-state index < -0.39 is 6.10 Å². The molecule has 0 aliphatic carbocycles. The number of thioether (sulfide) groups is 1. The first-order valence-electron chi connectivity index (χ1n) is 6.28. The van der Waals surface area contributed by atoms with E-state index in [0.717, 1.165) is 23.6 Å². The normalized spacial score (nSPS) is 14.4. The molecule has 0 saturated carbocycles. The number of aromatic nitrogens is 1. The Morgan fingerprint density at radius 3 is 2.78 bits per heavy atom. The van der Waals surface area contributed by atoms with Gasteiger partial charge >= 0.3 is 0 Å². The van der Waals surface area contributed by atoms with Crippen LogP contribution < -0.4 is 5.32 Å². The van der Waals surface area contributed by atoms with E-state index in [0.29, 0.717) is 11.8 Å². The largest absolute Gasteiger partial charge is 0.394 e. The first-order valence-corrected chi connectivity index (χ1v) is 7.27. The molecule has 5 heteroatoms. The summed E-state index contributed by atoms with van der Waals surface area (Å²) in [4.78, 5) is 4.34. The molecule has 0 radical (unpaired) electrons. The summed E-state index contributed by atoms with van der Waals surface area (Å²) in [6.07, 6.45) is 2.30. The first-order chi connectivity index (χ1) is 8.67. The molecule has 0 spiro atoms. The fourth-order valence-corrected chi connectivity index (χ4v) is 2.21. The van der Waals surface area contributed by atoms with Crippen LogP contribution >= 0.6 is 11.8 Å². The van der Waals surface area contributed by atoms with E-state index in [4.69, 9.17) is 5.11 Å². The molecule has 2 unspecified atom stereocenters. The maximum Gasteiger partial charge on any atom is 0.0960 e. The smallest absolute Gasteiger partial charge is 0.0960 e. The maximum atomic E-state index is 9.25. The maximum absolute atomic E-state index is 9.25. The van der Waals surface area contributed by atoms with E-state index >= 15 is 0 Å². The Hall–Kier alpha value is -0.620. The number of hydrogen-bond acceptors (Lipinski definition) is 5. The standard InChI is InChI=1S/C13H22N2O2S/c1-3-6-14-10(2)11-4-5-13(15-7-11)18-9-12(17)8-16/h4-5,7,10,12,14,16-17H,3,6,8-9H2,1-2H3. The minimum atomic E-state index is -0.679. The highest BCUT2D eigenvalue weighted by Gasteiger charge is 2.06. The molecule has 4 nitrogen and oxygen atoms in total. The fraction of sp³-hybridized carbons (Fsp3) is 0.615. The number of pyridine rings is 1. The third kappa shape index (κ3) is 5.35. The van der Waals surface area contributed by atoms with Crippen LogP contribution in [-0.2, 0) is 0 Å². The van der Waals surface area contributed by atoms with Gasteiger partial charge in [0.15, 0.2) is 0 Å². The van der Waals surface area contributed by atoms with Crippen molar-refractivity contribution in [3.05, 3.63) is 23.9 Å². The van der Waals surface area contributed by atoms with Gasteiger partial charge in [-0.1, -0.05) is 13.0 Å². The number of aliphatic hydroxyl groups excluding tert-OH is 2. The highest BCUT2D eigenvalue weighted by atomic mass is 32.2. The van der Waals surface area contributed by atoms with Gasteiger partial charge in [0.05, 0.1) is 17.7 Å². The van der Waals surface area contributed by atoms with Gasteiger partial charge in [-0.05, 0) is 31.5 Å². The molecule has 1 aromatic heterocycles. The highest BCUT2D eigenvalue weighted by molar-refractivity contribution is 7.99. The van der Waals surface area contributed by atoms with E-state index in [-0.39, 0.29) is 6.61 Å². The van der Waals surface area contributed by atoms with Crippen LogP contribution in [0.4, 0.5) is 0 Å². The van der Waals surface area contributed by atoms with E-state index in [1.54, 1.807) is 0 Å². The van der Waals surface area contributed by atoms with E-state index in [1.165, 1.54) is 11.8 Å². The first kappa shape index (κ1) is 15.4. The van der Waals surface area contributed by atoms with Gasteiger partial charge in [0.1, 0.15) is 0 Å². The van der Waals surface area contributed by atoms with Crippen LogP contribution in [0.25, 0.3) is 0 Å². The zero-order chi connectivity index (χ0) is 13.4. The summed E-state index contributed by atoms with van der Waals surface area (Å²) in [6.45, 7) is 5.06. The average Bonchev–Trinajstić information content (AvgIpc) is 2.42. The van der Waals surface area contributed by atoms with Gasteiger partial charge in [0, 0.05) is 18.0 Å². The van der Waals surface area contributed by atoms with E-state index in [9.17, 15) is 5.11 Å². The third-order valence-corrected chi connectivity index (χ3v) is 3.68. The second kappa shape index (κ2) is 8.48. The Bertz CT molecular complexity index is 332. The summed E-state index contributed by atoms with van der Waals surface area (Å²) in [5.41, 5.74) is 1.16. The molecule has 3 N–H and O–H groups in total. The molecular formula is C13H22N2O2S. The zero-order valence-electron chi connectivity index (χ0n) is 11.0. The minimum Gasteiger partial charge on any atom is -0.394 e. The molecule has 0 amide bonds. The van der Waals surface area contributed by atoms with Crippen LogP contribution in [0.2, 0.25) is 0 Å². The molecule has 2 atom stereocenters. The molecule has 0 bridgehead atoms. The number of rotatable bonds is 8. The van der Waals surface area contributed by atoms with Crippen molar-refractivity contribution in [2.75, 3.05) is 18.9 Å². The van der Waals surface area contributed by atoms with Crippen LogP contribution in [0.15, 0.2) is 23.4 Å². The molecule has 1 rings (SSSR count). The monoisotopic (exact) mass is 270 g/mol. The lowest BCUT2D eigenvalue weighted by Gasteiger charge is -2.13. The molecule has 0 fully saturated rings. The van der Waals surface area contributed by atoms with Crippen LogP contribution in [0.1, 0.15) is 31.9 Å². The lowest BCUT2D eigenvalue weighted by molar-refractivity contribution is 0.113. The summed E-state index contributed by atoms with van der Waals surface area (Å²) < 4.78 is 0. The van der Waals surface area contributed by atoms with E-state index in [2.05, 4.69) is 24.1 Å². The number of nitrogens with one attached hydrogen (secondary N) is 1. The third-order valence-electron chi connectivity index (χ3n) is 2.59. The molecule has 1 heterocycles. The number of aliphatic hydroxyl groups is 2. The summed E-state index contributed by atoms with van der Waals surface area (Å²) in [7, 11) is 0. The van der Waals surface area contributed by atoms with Crippen LogP contribution in [0.5, 0.6) is 0 Å². The molecule has 0 aromatic carbocycles. The Morgan fingerprint density at radius 1 is 1.44 bits per heavy atom. The van der Waals surface area contributed by atoms with Gasteiger partial charge in [-0.15, -0.1) is 11.8 Å².